The zero-order valence-electron chi connectivity index (χ0n) is 11.9. The summed E-state index contributed by atoms with van der Waals surface area (Å²) >= 11 is 0. The van der Waals surface area contributed by atoms with Gasteiger partial charge in [-0.2, -0.15) is 0 Å². The van der Waals surface area contributed by atoms with Gasteiger partial charge in [0.15, 0.2) is 5.78 Å². The topological polar surface area (TPSA) is 43.1 Å². The van der Waals surface area contributed by atoms with Crippen LogP contribution in [-0.4, -0.2) is 5.78 Å². The van der Waals surface area contributed by atoms with E-state index in [1.165, 1.54) is 6.92 Å². The number of nitrogen functional groups attached to an aromatic ring is 1. The Labute approximate surface area is 106 Å². The van der Waals surface area contributed by atoms with Gasteiger partial charge < -0.3 is 5.73 Å². The van der Waals surface area contributed by atoms with Crippen LogP contribution in [-0.2, 0) is 0 Å². The summed E-state index contributed by atoms with van der Waals surface area (Å²) in [7, 11) is 0. The van der Waals surface area contributed by atoms with E-state index < -0.39 is 0 Å². The van der Waals surface area contributed by atoms with Crippen LogP contribution in [0, 0.1) is 0 Å². The van der Waals surface area contributed by atoms with Crippen molar-refractivity contribution in [3.63, 3.8) is 0 Å². The van der Waals surface area contributed by atoms with E-state index in [1.54, 1.807) is 12.1 Å². The zero-order chi connectivity index (χ0) is 14.0. The summed E-state index contributed by atoms with van der Waals surface area (Å²) in [5, 5.41) is 0. The van der Waals surface area contributed by atoms with Crippen molar-refractivity contribution in [1.29, 1.82) is 0 Å². The lowest BCUT2D eigenvalue weighted by Crippen LogP contribution is -1.96. The first kappa shape index (κ1) is 17.8. The minimum atomic E-state index is 0.0230. The number of nitrogens with two attached hydrogens (primary N) is 1. The molecule has 0 fully saturated rings. The second-order valence-corrected chi connectivity index (χ2v) is 3.18. The molecule has 17 heavy (non-hydrogen) atoms. The summed E-state index contributed by atoms with van der Waals surface area (Å²) < 4.78 is 0. The number of carbonyl (C=O) groups is 1. The number of hydrogen-bond acceptors (Lipinski definition) is 2. The van der Waals surface area contributed by atoms with Crippen molar-refractivity contribution in [3.05, 3.63) is 35.9 Å². The number of carbonyl (C=O) groups excluding carboxylic acids is 1. The smallest absolute Gasteiger partial charge is 0.159 e. The van der Waals surface area contributed by atoms with Crippen molar-refractivity contribution in [3.8, 4) is 0 Å². The number of anilines is 1. The zero-order valence-corrected chi connectivity index (χ0v) is 11.9. The Morgan fingerprint density at radius 2 is 1.41 bits per heavy atom. The minimum Gasteiger partial charge on any atom is -0.399 e. The van der Waals surface area contributed by atoms with Gasteiger partial charge in [0.2, 0.25) is 0 Å². The van der Waals surface area contributed by atoms with Crippen LogP contribution >= 0.6 is 0 Å². The van der Waals surface area contributed by atoms with Crippen LogP contribution in [0.2, 0.25) is 0 Å². The third-order valence-electron chi connectivity index (χ3n) is 1.85. The molecule has 0 saturated carbocycles. The first-order valence-corrected chi connectivity index (χ1v) is 6.08. The summed E-state index contributed by atoms with van der Waals surface area (Å²) in [4.78, 5) is 11.1. The minimum absolute atomic E-state index is 0.0230. The summed E-state index contributed by atoms with van der Waals surface area (Å²) in [5.41, 5.74) is 8.71. The van der Waals surface area contributed by atoms with E-state index in [4.69, 9.17) is 5.73 Å². The van der Waals surface area contributed by atoms with Crippen LogP contribution in [0.3, 0.4) is 0 Å². The van der Waals surface area contributed by atoms with E-state index >= 15 is 0 Å². The highest BCUT2D eigenvalue weighted by Crippen LogP contribution is 2.18. The van der Waals surface area contributed by atoms with Crippen molar-refractivity contribution < 1.29 is 4.79 Å². The lowest BCUT2D eigenvalue weighted by molar-refractivity contribution is 0.101. The fourth-order valence-corrected chi connectivity index (χ4v) is 1.10. The quantitative estimate of drug-likeness (QED) is 0.603. The normalized spacial score (nSPS) is 8.12. The fourth-order valence-electron chi connectivity index (χ4n) is 1.10. The molecule has 0 aliphatic rings. The lowest BCUT2D eigenvalue weighted by atomic mass is 10.0. The third kappa shape index (κ3) is 6.56. The van der Waals surface area contributed by atoms with Gasteiger partial charge in [-0.1, -0.05) is 39.8 Å². The van der Waals surface area contributed by atoms with Crippen molar-refractivity contribution in [2.45, 2.75) is 41.5 Å². The molecule has 0 spiro atoms. The molecule has 0 aromatic heterocycles. The molecule has 1 aromatic rings. The Kier molecular flexibility index (Phi) is 10.1. The number of Topliss-reactive ketones (excluding diaryl/α,β-unsaturated/α-hetero) is 1. The molecule has 0 aliphatic carbocycles. The highest BCUT2D eigenvalue weighted by Gasteiger charge is 2.03. The molecule has 0 unspecified atom stereocenters. The number of hydrogen-bond donors (Lipinski definition) is 1. The highest BCUT2D eigenvalue weighted by atomic mass is 16.1. The molecule has 0 aliphatic heterocycles. The maximum Gasteiger partial charge on any atom is 0.159 e. The maximum absolute atomic E-state index is 11.1. The van der Waals surface area contributed by atoms with Crippen LogP contribution in [0.1, 0.15) is 57.5 Å². The van der Waals surface area contributed by atoms with E-state index in [2.05, 4.69) is 6.58 Å². The largest absolute Gasteiger partial charge is 0.399 e. The van der Waals surface area contributed by atoms with Gasteiger partial charge in [-0.3, -0.25) is 4.79 Å². The van der Waals surface area contributed by atoms with Gasteiger partial charge >= 0.3 is 0 Å². The Balaban J connectivity index is 0. The molecular weight excluding hydrogens is 210 g/mol. The highest BCUT2D eigenvalue weighted by molar-refractivity contribution is 5.95. The molecular formula is C15H25NO. The Morgan fingerprint density at radius 3 is 1.76 bits per heavy atom. The monoisotopic (exact) mass is 235 g/mol. The molecule has 0 amide bonds. The van der Waals surface area contributed by atoms with Crippen LogP contribution in [0.5, 0.6) is 0 Å². The van der Waals surface area contributed by atoms with E-state index in [-0.39, 0.29) is 5.78 Å². The lowest BCUT2D eigenvalue weighted by Gasteiger charge is -2.04. The predicted octanol–water partition coefficient (Wildman–Crippen LogP) is 4.56. The van der Waals surface area contributed by atoms with Crippen molar-refractivity contribution in [1.82, 2.24) is 0 Å². The SMILES string of the molecule is C=C(C)c1cc(N)cc(C(C)=O)c1.CC.CC. The summed E-state index contributed by atoms with van der Waals surface area (Å²) in [6.45, 7) is 15.2. The Hall–Kier alpha value is -1.57. The summed E-state index contributed by atoms with van der Waals surface area (Å²) in [6, 6.07) is 5.30. The standard InChI is InChI=1S/C11H13NO.2C2H6/c1-7(2)9-4-10(8(3)13)6-11(12)5-9;2*1-2/h4-6H,1,12H2,2-3H3;2*1-2H3. The second-order valence-electron chi connectivity index (χ2n) is 3.18. The third-order valence-corrected chi connectivity index (χ3v) is 1.85. The van der Waals surface area contributed by atoms with Gasteiger partial charge in [0.25, 0.3) is 0 Å². The van der Waals surface area contributed by atoms with Gasteiger partial charge in [0.1, 0.15) is 0 Å². The first-order valence-electron chi connectivity index (χ1n) is 6.08. The van der Waals surface area contributed by atoms with Crippen LogP contribution in [0.15, 0.2) is 24.8 Å². The van der Waals surface area contributed by atoms with Crippen molar-refractivity contribution in [2.24, 2.45) is 0 Å². The number of benzene rings is 1. The van der Waals surface area contributed by atoms with Crippen LogP contribution < -0.4 is 5.73 Å². The average molecular weight is 235 g/mol. The van der Waals surface area contributed by atoms with Crippen LogP contribution in [0.4, 0.5) is 5.69 Å². The molecule has 1 rings (SSSR count). The number of ketones is 1. The van der Waals surface area contributed by atoms with Crippen molar-refractivity contribution in [2.75, 3.05) is 5.73 Å². The predicted molar refractivity (Wildman–Crippen MR) is 78.3 cm³/mol. The number of allylic oxidation sites excluding steroid dienone is 1. The molecule has 0 radical (unpaired) electrons. The molecule has 0 heterocycles. The average Bonchev–Trinajstić information content (AvgIpc) is 2.33. The van der Waals surface area contributed by atoms with Gasteiger partial charge in [-0.05, 0) is 37.6 Å². The van der Waals surface area contributed by atoms with Gasteiger partial charge in [-0.25, -0.2) is 0 Å². The summed E-state index contributed by atoms with van der Waals surface area (Å²) in [6.07, 6.45) is 0. The van der Waals surface area contributed by atoms with E-state index in [0.717, 1.165) is 11.1 Å². The van der Waals surface area contributed by atoms with E-state index in [1.807, 2.05) is 40.7 Å². The Morgan fingerprint density at radius 1 is 1.00 bits per heavy atom. The van der Waals surface area contributed by atoms with Crippen LogP contribution in [0.25, 0.3) is 5.57 Å². The fraction of sp³-hybridized carbons (Fsp3) is 0.400. The molecule has 0 saturated heterocycles. The summed E-state index contributed by atoms with van der Waals surface area (Å²) in [5.74, 6) is 0.0230. The number of rotatable bonds is 2. The molecule has 2 nitrogen and oxygen atoms in total. The van der Waals surface area contributed by atoms with Gasteiger partial charge in [-0.15, -0.1) is 0 Å². The molecule has 0 bridgehead atoms. The molecule has 2 heteroatoms. The van der Waals surface area contributed by atoms with E-state index in [9.17, 15) is 4.79 Å². The molecule has 1 aromatic carbocycles. The second kappa shape index (κ2) is 9.64. The van der Waals surface area contributed by atoms with Gasteiger partial charge in [0, 0.05) is 11.3 Å². The Bertz CT molecular complexity index is 335. The first-order chi connectivity index (χ1) is 8.00. The molecule has 96 valence electrons. The van der Waals surface area contributed by atoms with Gasteiger partial charge in [0.05, 0.1) is 0 Å². The van der Waals surface area contributed by atoms with E-state index in [0.29, 0.717) is 11.3 Å². The molecule has 2 N–H and O–H groups in total. The molecule has 0 atom stereocenters. The van der Waals surface area contributed by atoms with Crippen molar-refractivity contribution >= 4 is 17.0 Å². The maximum atomic E-state index is 11.1.